The standard InChI is InChI=1S/C13H20N2O2/c1-10-6-15(8-13(9-16)17-10)7-11-3-2-4-12(14)5-11/h2-5,10,13,16H,6-9,14H2,1H3. The SMILES string of the molecule is CC1CN(Cc2cccc(N)c2)CC(CO)O1. The summed E-state index contributed by atoms with van der Waals surface area (Å²) in [4.78, 5) is 2.30. The first-order valence-electron chi connectivity index (χ1n) is 6.00. The van der Waals surface area contributed by atoms with Gasteiger partial charge in [0, 0.05) is 25.3 Å². The molecular formula is C13H20N2O2. The largest absolute Gasteiger partial charge is 0.399 e. The fraction of sp³-hybridized carbons (Fsp3) is 0.538. The van der Waals surface area contributed by atoms with Crippen LogP contribution in [0.3, 0.4) is 0 Å². The number of hydrogen-bond donors (Lipinski definition) is 2. The molecule has 0 saturated carbocycles. The van der Waals surface area contributed by atoms with Gasteiger partial charge < -0.3 is 15.6 Å². The first-order valence-corrected chi connectivity index (χ1v) is 6.00. The lowest BCUT2D eigenvalue weighted by Crippen LogP contribution is -2.47. The molecule has 2 unspecified atom stereocenters. The highest BCUT2D eigenvalue weighted by molar-refractivity contribution is 5.40. The molecule has 1 aliphatic rings. The summed E-state index contributed by atoms with van der Waals surface area (Å²) in [7, 11) is 0. The lowest BCUT2D eigenvalue weighted by molar-refractivity contribution is -0.0972. The van der Waals surface area contributed by atoms with Gasteiger partial charge in [0.2, 0.25) is 0 Å². The lowest BCUT2D eigenvalue weighted by Gasteiger charge is -2.36. The van der Waals surface area contributed by atoms with Gasteiger partial charge in [-0.05, 0) is 24.6 Å². The Morgan fingerprint density at radius 2 is 2.29 bits per heavy atom. The van der Waals surface area contributed by atoms with E-state index in [9.17, 15) is 0 Å². The maximum Gasteiger partial charge on any atom is 0.0936 e. The van der Waals surface area contributed by atoms with Gasteiger partial charge in [0.25, 0.3) is 0 Å². The van der Waals surface area contributed by atoms with Gasteiger partial charge in [0.05, 0.1) is 18.8 Å². The van der Waals surface area contributed by atoms with Crippen molar-refractivity contribution in [2.45, 2.75) is 25.7 Å². The zero-order valence-electron chi connectivity index (χ0n) is 10.2. The molecule has 1 saturated heterocycles. The maximum atomic E-state index is 9.17. The molecule has 1 heterocycles. The third-order valence-electron chi connectivity index (χ3n) is 2.96. The Morgan fingerprint density at radius 1 is 1.47 bits per heavy atom. The van der Waals surface area contributed by atoms with Gasteiger partial charge in [0.15, 0.2) is 0 Å². The summed E-state index contributed by atoms with van der Waals surface area (Å²) in [6, 6.07) is 7.93. The van der Waals surface area contributed by atoms with Crippen molar-refractivity contribution >= 4 is 5.69 Å². The molecule has 3 N–H and O–H groups in total. The van der Waals surface area contributed by atoms with Gasteiger partial charge in [-0.1, -0.05) is 12.1 Å². The molecule has 17 heavy (non-hydrogen) atoms. The summed E-state index contributed by atoms with van der Waals surface area (Å²) in [6.07, 6.45) is 0.0989. The van der Waals surface area contributed by atoms with Crippen molar-refractivity contribution in [2.24, 2.45) is 0 Å². The quantitative estimate of drug-likeness (QED) is 0.764. The van der Waals surface area contributed by atoms with Gasteiger partial charge in [-0.15, -0.1) is 0 Å². The predicted molar refractivity (Wildman–Crippen MR) is 67.6 cm³/mol. The second-order valence-electron chi connectivity index (χ2n) is 4.69. The number of morpholine rings is 1. The molecule has 0 spiro atoms. The highest BCUT2D eigenvalue weighted by Gasteiger charge is 2.24. The van der Waals surface area contributed by atoms with E-state index in [1.807, 2.05) is 25.1 Å². The molecule has 4 heteroatoms. The fourth-order valence-electron chi connectivity index (χ4n) is 2.32. The Morgan fingerprint density at radius 3 is 3.00 bits per heavy atom. The van der Waals surface area contributed by atoms with Crippen LogP contribution in [0.25, 0.3) is 0 Å². The molecule has 94 valence electrons. The Bertz CT molecular complexity index is 370. The minimum atomic E-state index is -0.0696. The van der Waals surface area contributed by atoms with E-state index in [-0.39, 0.29) is 18.8 Å². The second kappa shape index (κ2) is 5.49. The van der Waals surface area contributed by atoms with E-state index < -0.39 is 0 Å². The van der Waals surface area contributed by atoms with Crippen molar-refractivity contribution < 1.29 is 9.84 Å². The van der Waals surface area contributed by atoms with E-state index in [1.54, 1.807) is 0 Å². The number of benzene rings is 1. The Balaban J connectivity index is 1.98. The number of rotatable bonds is 3. The summed E-state index contributed by atoms with van der Waals surface area (Å²) in [5.41, 5.74) is 7.76. The number of aliphatic hydroxyl groups is 1. The third-order valence-corrected chi connectivity index (χ3v) is 2.96. The Labute approximate surface area is 102 Å². The van der Waals surface area contributed by atoms with Crippen LogP contribution >= 0.6 is 0 Å². The van der Waals surface area contributed by atoms with Gasteiger partial charge in [-0.3, -0.25) is 4.90 Å². The van der Waals surface area contributed by atoms with Crippen molar-refractivity contribution in [3.05, 3.63) is 29.8 Å². The maximum absolute atomic E-state index is 9.17. The third kappa shape index (κ3) is 3.43. The second-order valence-corrected chi connectivity index (χ2v) is 4.69. The molecule has 0 aliphatic carbocycles. The van der Waals surface area contributed by atoms with Crippen LogP contribution in [0.4, 0.5) is 5.69 Å². The molecule has 0 radical (unpaired) electrons. The molecular weight excluding hydrogens is 216 g/mol. The molecule has 1 fully saturated rings. The highest BCUT2D eigenvalue weighted by Crippen LogP contribution is 2.15. The van der Waals surface area contributed by atoms with Crippen LogP contribution < -0.4 is 5.73 Å². The van der Waals surface area contributed by atoms with Crippen LogP contribution in [-0.4, -0.2) is 41.9 Å². The number of ether oxygens (including phenoxy) is 1. The van der Waals surface area contributed by atoms with Gasteiger partial charge in [-0.25, -0.2) is 0 Å². The zero-order chi connectivity index (χ0) is 12.3. The fourth-order valence-corrected chi connectivity index (χ4v) is 2.32. The van der Waals surface area contributed by atoms with E-state index in [0.717, 1.165) is 25.3 Å². The number of nitrogens with two attached hydrogens (primary N) is 1. The molecule has 0 bridgehead atoms. The highest BCUT2D eigenvalue weighted by atomic mass is 16.5. The van der Waals surface area contributed by atoms with Crippen LogP contribution in [0.15, 0.2) is 24.3 Å². The molecule has 4 nitrogen and oxygen atoms in total. The molecule has 0 aromatic heterocycles. The first-order chi connectivity index (χ1) is 8.17. The van der Waals surface area contributed by atoms with Gasteiger partial charge in [-0.2, -0.15) is 0 Å². The molecule has 1 aromatic rings. The normalized spacial score (nSPS) is 26.0. The Hall–Kier alpha value is -1.10. The van der Waals surface area contributed by atoms with Gasteiger partial charge >= 0.3 is 0 Å². The smallest absolute Gasteiger partial charge is 0.0936 e. The first kappa shape index (κ1) is 12.4. The average Bonchev–Trinajstić information content (AvgIpc) is 2.28. The Kier molecular flexibility index (Phi) is 3.99. The van der Waals surface area contributed by atoms with Crippen molar-refractivity contribution in [2.75, 3.05) is 25.4 Å². The summed E-state index contributed by atoms with van der Waals surface area (Å²) in [6.45, 7) is 4.64. The average molecular weight is 236 g/mol. The van der Waals surface area contributed by atoms with E-state index >= 15 is 0 Å². The summed E-state index contributed by atoms with van der Waals surface area (Å²) >= 11 is 0. The molecule has 2 rings (SSSR count). The van der Waals surface area contributed by atoms with Crippen LogP contribution in [0.1, 0.15) is 12.5 Å². The molecule has 2 atom stereocenters. The van der Waals surface area contributed by atoms with E-state index in [1.165, 1.54) is 5.56 Å². The molecule has 1 aliphatic heterocycles. The number of nitrogen functional groups attached to an aromatic ring is 1. The van der Waals surface area contributed by atoms with E-state index in [0.29, 0.717) is 0 Å². The summed E-state index contributed by atoms with van der Waals surface area (Å²) in [5, 5.41) is 9.17. The van der Waals surface area contributed by atoms with Gasteiger partial charge in [0.1, 0.15) is 0 Å². The van der Waals surface area contributed by atoms with E-state index in [4.69, 9.17) is 15.6 Å². The summed E-state index contributed by atoms with van der Waals surface area (Å²) < 4.78 is 5.61. The van der Waals surface area contributed by atoms with E-state index in [2.05, 4.69) is 11.0 Å². The summed E-state index contributed by atoms with van der Waals surface area (Å²) in [5.74, 6) is 0. The van der Waals surface area contributed by atoms with Crippen LogP contribution in [0.5, 0.6) is 0 Å². The molecule has 0 amide bonds. The monoisotopic (exact) mass is 236 g/mol. The van der Waals surface area contributed by atoms with Crippen molar-refractivity contribution in [3.63, 3.8) is 0 Å². The topological polar surface area (TPSA) is 58.7 Å². The lowest BCUT2D eigenvalue weighted by atomic mass is 10.1. The minimum absolute atomic E-state index is 0.0696. The number of anilines is 1. The number of nitrogens with zero attached hydrogens (tertiary/aromatic N) is 1. The van der Waals surface area contributed by atoms with Crippen LogP contribution in [-0.2, 0) is 11.3 Å². The number of hydrogen-bond acceptors (Lipinski definition) is 4. The predicted octanol–water partition coefficient (Wildman–Crippen LogP) is 0.850. The number of aliphatic hydroxyl groups excluding tert-OH is 1. The van der Waals surface area contributed by atoms with Crippen LogP contribution in [0.2, 0.25) is 0 Å². The van der Waals surface area contributed by atoms with Crippen molar-refractivity contribution in [3.8, 4) is 0 Å². The minimum Gasteiger partial charge on any atom is -0.399 e. The van der Waals surface area contributed by atoms with Crippen molar-refractivity contribution in [1.82, 2.24) is 4.90 Å². The zero-order valence-corrected chi connectivity index (χ0v) is 10.2. The van der Waals surface area contributed by atoms with Crippen molar-refractivity contribution in [1.29, 1.82) is 0 Å². The molecule has 1 aromatic carbocycles. The van der Waals surface area contributed by atoms with Crippen LogP contribution in [0, 0.1) is 0 Å².